The lowest BCUT2D eigenvalue weighted by molar-refractivity contribution is -0.186. The number of carbonyl (C=O) groups is 3. The number of piperazine rings is 1. The van der Waals surface area contributed by atoms with Crippen LogP contribution in [0.1, 0.15) is 59.8 Å². The number of benzene rings is 2. The van der Waals surface area contributed by atoms with Gasteiger partial charge in [0.25, 0.3) is 5.91 Å². The Kier molecular flexibility index (Phi) is 7.10. The number of hydrogen-bond donors (Lipinski definition) is 1. The van der Waals surface area contributed by atoms with E-state index >= 15 is 0 Å². The molecule has 9 heteroatoms. The highest BCUT2D eigenvalue weighted by Crippen LogP contribution is 2.35. The van der Waals surface area contributed by atoms with Gasteiger partial charge in [-0.1, -0.05) is 37.3 Å². The van der Waals surface area contributed by atoms with Gasteiger partial charge in [-0.15, -0.1) is 0 Å². The summed E-state index contributed by atoms with van der Waals surface area (Å²) in [6.45, 7) is 4.44. The lowest BCUT2D eigenvalue weighted by atomic mass is 9.94. The highest BCUT2D eigenvalue weighted by atomic mass is 16.8. The average molecular weight is 531 g/mol. The lowest BCUT2D eigenvalue weighted by Crippen LogP contribution is -2.61. The first-order valence-corrected chi connectivity index (χ1v) is 13.9. The van der Waals surface area contributed by atoms with Crippen molar-refractivity contribution in [2.75, 3.05) is 19.7 Å². The van der Waals surface area contributed by atoms with Crippen molar-refractivity contribution in [3.8, 4) is 0 Å². The SMILES string of the molecule is CCCN1CC(=O)N2Cc3c(c4ccccc4n3Cc3ccc(C(=O)NOC4CCCCO4)cc3)CC2C1=O. The molecule has 2 saturated heterocycles. The van der Waals surface area contributed by atoms with E-state index in [-0.39, 0.29) is 24.3 Å². The average Bonchev–Trinajstić information content (AvgIpc) is 3.27. The first-order valence-electron chi connectivity index (χ1n) is 13.9. The summed E-state index contributed by atoms with van der Waals surface area (Å²) in [5, 5.41) is 1.12. The second-order valence-electron chi connectivity index (χ2n) is 10.6. The number of aromatic nitrogens is 1. The van der Waals surface area contributed by atoms with Crippen LogP contribution >= 0.6 is 0 Å². The summed E-state index contributed by atoms with van der Waals surface area (Å²) < 4.78 is 7.74. The van der Waals surface area contributed by atoms with E-state index in [1.807, 2.05) is 31.2 Å². The van der Waals surface area contributed by atoms with Crippen molar-refractivity contribution in [1.29, 1.82) is 0 Å². The molecule has 0 saturated carbocycles. The van der Waals surface area contributed by atoms with Crippen LogP contribution in [-0.4, -0.2) is 64.1 Å². The molecule has 0 bridgehead atoms. The van der Waals surface area contributed by atoms with Gasteiger partial charge >= 0.3 is 0 Å². The van der Waals surface area contributed by atoms with Gasteiger partial charge in [0.1, 0.15) is 6.04 Å². The number of fused-ring (bicyclic) bond motifs is 4. The fourth-order valence-electron chi connectivity index (χ4n) is 6.00. The van der Waals surface area contributed by atoms with E-state index in [2.05, 4.69) is 22.2 Å². The van der Waals surface area contributed by atoms with Crippen molar-refractivity contribution in [2.24, 2.45) is 0 Å². The summed E-state index contributed by atoms with van der Waals surface area (Å²) in [5.74, 6) is -0.255. The van der Waals surface area contributed by atoms with Crippen molar-refractivity contribution in [1.82, 2.24) is 19.8 Å². The Morgan fingerprint density at radius 3 is 2.67 bits per heavy atom. The molecule has 0 radical (unpaired) electrons. The Bertz CT molecular complexity index is 1390. The highest BCUT2D eigenvalue weighted by molar-refractivity contribution is 5.97. The molecule has 6 rings (SSSR count). The minimum atomic E-state index is -0.441. The van der Waals surface area contributed by atoms with Gasteiger partial charge in [-0.25, -0.2) is 10.3 Å². The maximum Gasteiger partial charge on any atom is 0.274 e. The normalized spacial score (nSPS) is 21.2. The van der Waals surface area contributed by atoms with E-state index in [1.54, 1.807) is 21.9 Å². The summed E-state index contributed by atoms with van der Waals surface area (Å²) in [6.07, 6.45) is 3.76. The van der Waals surface area contributed by atoms with Crippen molar-refractivity contribution >= 4 is 28.6 Å². The molecular formula is C30H34N4O5. The summed E-state index contributed by atoms with van der Waals surface area (Å²) in [7, 11) is 0. The third kappa shape index (κ3) is 4.92. The first-order chi connectivity index (χ1) is 19.0. The number of amides is 3. The van der Waals surface area contributed by atoms with Gasteiger partial charge in [0.15, 0.2) is 6.29 Å². The van der Waals surface area contributed by atoms with Crippen LogP contribution < -0.4 is 5.48 Å². The minimum absolute atomic E-state index is 0.00622. The molecule has 1 N–H and O–H groups in total. The first kappa shape index (κ1) is 25.6. The van der Waals surface area contributed by atoms with Crippen LogP contribution in [0.4, 0.5) is 0 Å². The van der Waals surface area contributed by atoms with Gasteiger partial charge in [0, 0.05) is 54.7 Å². The summed E-state index contributed by atoms with van der Waals surface area (Å²) in [4.78, 5) is 47.8. The van der Waals surface area contributed by atoms with Gasteiger partial charge < -0.3 is 19.1 Å². The molecule has 3 aromatic rings. The number of hydrogen-bond acceptors (Lipinski definition) is 5. The maximum absolute atomic E-state index is 13.2. The highest BCUT2D eigenvalue weighted by Gasteiger charge is 2.43. The Balaban J connectivity index is 1.23. The van der Waals surface area contributed by atoms with Crippen LogP contribution in [0, 0.1) is 0 Å². The van der Waals surface area contributed by atoms with E-state index in [0.717, 1.165) is 53.4 Å². The second-order valence-corrected chi connectivity index (χ2v) is 10.6. The van der Waals surface area contributed by atoms with Gasteiger partial charge in [-0.05, 0) is 48.6 Å². The molecule has 4 heterocycles. The summed E-state index contributed by atoms with van der Waals surface area (Å²) in [5.41, 5.74) is 7.33. The van der Waals surface area contributed by atoms with Crippen molar-refractivity contribution < 1.29 is 24.0 Å². The zero-order valence-corrected chi connectivity index (χ0v) is 22.2. The van der Waals surface area contributed by atoms with Crippen LogP contribution in [0.15, 0.2) is 48.5 Å². The number of ether oxygens (including phenoxy) is 1. The van der Waals surface area contributed by atoms with E-state index in [0.29, 0.717) is 38.2 Å². The molecular weight excluding hydrogens is 496 g/mol. The monoisotopic (exact) mass is 530 g/mol. The molecule has 204 valence electrons. The van der Waals surface area contributed by atoms with Crippen molar-refractivity contribution in [3.63, 3.8) is 0 Å². The maximum atomic E-state index is 13.2. The molecule has 0 aliphatic carbocycles. The molecule has 2 fully saturated rings. The van der Waals surface area contributed by atoms with Crippen LogP contribution in [0.3, 0.4) is 0 Å². The van der Waals surface area contributed by atoms with E-state index in [4.69, 9.17) is 9.57 Å². The standard InChI is InChI=1S/C30H34N4O5/c1-2-14-32-19-27(35)34-18-26-23(16-25(34)30(32)37)22-7-3-4-8-24(22)33(26)17-20-10-12-21(13-11-20)29(36)31-39-28-9-5-6-15-38-28/h3-4,7-8,10-13,25,28H,2,5-6,9,14-19H2,1H3,(H,31,36). The van der Waals surface area contributed by atoms with Crippen LogP contribution in [0.5, 0.6) is 0 Å². The number of carbonyl (C=O) groups excluding carboxylic acids is 3. The second kappa shape index (κ2) is 10.8. The Morgan fingerprint density at radius 1 is 1.08 bits per heavy atom. The zero-order chi connectivity index (χ0) is 26.9. The molecule has 2 unspecified atom stereocenters. The lowest BCUT2D eigenvalue weighted by Gasteiger charge is -2.43. The molecule has 1 aromatic heterocycles. The molecule has 2 aromatic carbocycles. The van der Waals surface area contributed by atoms with Crippen molar-refractivity contribution in [2.45, 2.75) is 64.4 Å². The number of hydroxylamine groups is 1. The molecule has 3 aliphatic rings. The summed E-state index contributed by atoms with van der Waals surface area (Å²) in [6, 6.07) is 15.2. The Hall–Kier alpha value is -3.69. The van der Waals surface area contributed by atoms with Gasteiger partial charge in [-0.2, -0.15) is 0 Å². The molecule has 0 spiro atoms. The third-order valence-corrected chi connectivity index (χ3v) is 8.00. The Labute approximate surface area is 227 Å². The quantitative estimate of drug-likeness (QED) is 0.473. The van der Waals surface area contributed by atoms with Gasteiger partial charge in [0.05, 0.1) is 13.1 Å². The fourth-order valence-corrected chi connectivity index (χ4v) is 6.00. The largest absolute Gasteiger partial charge is 0.350 e. The van der Waals surface area contributed by atoms with Crippen molar-refractivity contribution in [3.05, 3.63) is 70.9 Å². The van der Waals surface area contributed by atoms with Crippen LogP contribution in [0.25, 0.3) is 10.9 Å². The fraction of sp³-hybridized carbons (Fsp3) is 0.433. The predicted molar refractivity (Wildman–Crippen MR) is 145 cm³/mol. The van der Waals surface area contributed by atoms with E-state index in [9.17, 15) is 14.4 Å². The third-order valence-electron chi connectivity index (χ3n) is 8.00. The van der Waals surface area contributed by atoms with Crippen LogP contribution in [0.2, 0.25) is 0 Å². The van der Waals surface area contributed by atoms with E-state index < -0.39 is 12.3 Å². The van der Waals surface area contributed by atoms with E-state index in [1.165, 1.54) is 0 Å². The molecule has 3 amide bonds. The minimum Gasteiger partial charge on any atom is -0.350 e. The number of nitrogens with one attached hydrogen (secondary N) is 1. The topological polar surface area (TPSA) is 93.1 Å². The molecule has 2 atom stereocenters. The zero-order valence-electron chi connectivity index (χ0n) is 22.2. The number of nitrogens with zero attached hydrogens (tertiary/aromatic N) is 3. The van der Waals surface area contributed by atoms with Gasteiger partial charge in [0.2, 0.25) is 11.8 Å². The number of rotatable bonds is 7. The Morgan fingerprint density at radius 2 is 1.90 bits per heavy atom. The molecule has 39 heavy (non-hydrogen) atoms. The van der Waals surface area contributed by atoms with Crippen LogP contribution in [-0.2, 0) is 38.7 Å². The predicted octanol–water partition coefficient (Wildman–Crippen LogP) is 3.38. The number of para-hydroxylation sites is 1. The summed E-state index contributed by atoms with van der Waals surface area (Å²) >= 11 is 0. The smallest absolute Gasteiger partial charge is 0.274 e. The van der Waals surface area contributed by atoms with Gasteiger partial charge in [-0.3, -0.25) is 14.4 Å². The molecule has 9 nitrogen and oxygen atoms in total. The molecule has 3 aliphatic heterocycles.